The largest absolute Gasteiger partial charge is 0.417 e. The predicted molar refractivity (Wildman–Crippen MR) is 85.2 cm³/mol. The highest BCUT2D eigenvalue weighted by Crippen LogP contribution is 2.33. The van der Waals surface area contributed by atoms with E-state index in [9.17, 15) is 18.0 Å². The number of anilines is 2. The van der Waals surface area contributed by atoms with E-state index < -0.39 is 29.1 Å². The lowest BCUT2D eigenvalue weighted by Crippen LogP contribution is -2.26. The Morgan fingerprint density at radius 2 is 2.20 bits per heavy atom. The van der Waals surface area contributed by atoms with Crippen LogP contribution in [0.25, 0.3) is 0 Å². The standard InChI is InChI=1S/C16H16F3N5O/c1-2-10(8-24-9-12(21)7-22-24)15(25)23-13-4-3-11(6-20)14(5-13)16(17,18)19/h3-5,7,9-10H,2,8,21H2,1H3,(H,23,25)/t10-/m0/s1. The Balaban J connectivity index is 2.17. The van der Waals surface area contributed by atoms with Gasteiger partial charge in [0.2, 0.25) is 5.91 Å². The van der Waals surface area contributed by atoms with Gasteiger partial charge >= 0.3 is 6.18 Å². The van der Waals surface area contributed by atoms with E-state index in [1.807, 2.05) is 0 Å². The van der Waals surface area contributed by atoms with Gasteiger partial charge in [-0.3, -0.25) is 9.48 Å². The number of nitrogen functional groups attached to an aromatic ring is 1. The number of rotatable bonds is 5. The molecule has 25 heavy (non-hydrogen) atoms. The van der Waals surface area contributed by atoms with E-state index in [0.717, 1.165) is 12.1 Å². The number of aromatic nitrogens is 2. The van der Waals surface area contributed by atoms with Crippen LogP contribution in [-0.2, 0) is 17.5 Å². The van der Waals surface area contributed by atoms with Crippen LogP contribution in [0.3, 0.4) is 0 Å². The first-order valence-corrected chi connectivity index (χ1v) is 7.44. The molecule has 0 spiro atoms. The normalized spacial score (nSPS) is 12.4. The maximum absolute atomic E-state index is 13.0. The second-order valence-corrected chi connectivity index (χ2v) is 5.46. The van der Waals surface area contributed by atoms with Gasteiger partial charge in [0.1, 0.15) is 0 Å². The molecule has 6 nitrogen and oxygen atoms in total. The molecule has 132 valence electrons. The summed E-state index contributed by atoms with van der Waals surface area (Å²) in [4.78, 5) is 12.3. The van der Waals surface area contributed by atoms with Crippen molar-refractivity contribution in [2.75, 3.05) is 11.1 Å². The first-order chi connectivity index (χ1) is 11.7. The zero-order valence-electron chi connectivity index (χ0n) is 13.3. The number of carbonyl (C=O) groups is 1. The maximum Gasteiger partial charge on any atom is 0.417 e. The van der Waals surface area contributed by atoms with Crippen molar-refractivity contribution in [1.82, 2.24) is 9.78 Å². The lowest BCUT2D eigenvalue weighted by molar-refractivity contribution is -0.137. The van der Waals surface area contributed by atoms with Gasteiger partial charge < -0.3 is 11.1 Å². The second kappa shape index (κ2) is 7.25. The van der Waals surface area contributed by atoms with Gasteiger partial charge in [0.15, 0.2) is 0 Å². The summed E-state index contributed by atoms with van der Waals surface area (Å²) in [5.41, 5.74) is 4.42. The SMILES string of the molecule is CC[C@@H](Cn1cc(N)cn1)C(=O)Nc1ccc(C#N)c(C(F)(F)F)c1. The number of nitrogens with zero attached hydrogens (tertiary/aromatic N) is 3. The van der Waals surface area contributed by atoms with E-state index in [4.69, 9.17) is 11.0 Å². The Morgan fingerprint density at radius 3 is 2.72 bits per heavy atom. The number of nitrogens with two attached hydrogens (primary N) is 1. The fourth-order valence-corrected chi connectivity index (χ4v) is 2.30. The molecule has 0 aliphatic carbocycles. The third-order valence-corrected chi connectivity index (χ3v) is 3.64. The van der Waals surface area contributed by atoms with Gasteiger partial charge in [-0.2, -0.15) is 23.5 Å². The van der Waals surface area contributed by atoms with Gasteiger partial charge in [-0.25, -0.2) is 0 Å². The molecule has 9 heteroatoms. The third-order valence-electron chi connectivity index (χ3n) is 3.64. The fourth-order valence-electron chi connectivity index (χ4n) is 2.30. The minimum atomic E-state index is -4.68. The van der Waals surface area contributed by atoms with Gasteiger partial charge in [-0.05, 0) is 24.6 Å². The zero-order chi connectivity index (χ0) is 18.6. The molecule has 0 aliphatic rings. The Hall–Kier alpha value is -3.02. The summed E-state index contributed by atoms with van der Waals surface area (Å²) in [6.45, 7) is 2.04. The summed E-state index contributed by atoms with van der Waals surface area (Å²) in [5.74, 6) is -0.932. The van der Waals surface area contributed by atoms with Crippen LogP contribution in [0.15, 0.2) is 30.6 Å². The quantitative estimate of drug-likeness (QED) is 0.865. The van der Waals surface area contributed by atoms with Crippen molar-refractivity contribution in [2.45, 2.75) is 26.1 Å². The first kappa shape index (κ1) is 18.3. The molecule has 1 heterocycles. The molecule has 2 aromatic rings. The van der Waals surface area contributed by atoms with E-state index in [1.165, 1.54) is 23.0 Å². The van der Waals surface area contributed by atoms with Crippen LogP contribution in [0.4, 0.5) is 24.5 Å². The maximum atomic E-state index is 13.0. The van der Waals surface area contributed by atoms with Gasteiger partial charge in [-0.15, -0.1) is 0 Å². The smallest absolute Gasteiger partial charge is 0.396 e. The number of nitriles is 1. The molecule has 0 saturated heterocycles. The topological polar surface area (TPSA) is 96.7 Å². The summed E-state index contributed by atoms with van der Waals surface area (Å²) in [7, 11) is 0. The minimum Gasteiger partial charge on any atom is -0.396 e. The van der Waals surface area contributed by atoms with Crippen LogP contribution in [-0.4, -0.2) is 15.7 Å². The minimum absolute atomic E-state index is 0.0187. The molecule has 2 rings (SSSR count). The first-order valence-electron chi connectivity index (χ1n) is 7.44. The Labute approximate surface area is 142 Å². The summed E-state index contributed by atoms with van der Waals surface area (Å²) in [6, 6.07) is 4.56. The summed E-state index contributed by atoms with van der Waals surface area (Å²) >= 11 is 0. The monoisotopic (exact) mass is 351 g/mol. The van der Waals surface area contributed by atoms with Crippen LogP contribution in [0.5, 0.6) is 0 Å². The molecule has 0 fully saturated rings. The molecule has 1 amide bonds. The van der Waals surface area contributed by atoms with Gasteiger partial charge in [0.05, 0.1) is 41.5 Å². The number of nitrogens with one attached hydrogen (secondary N) is 1. The number of benzene rings is 1. The van der Waals surface area contributed by atoms with Crippen molar-refractivity contribution in [1.29, 1.82) is 5.26 Å². The van der Waals surface area contributed by atoms with Crippen molar-refractivity contribution in [3.05, 3.63) is 41.7 Å². The molecular weight excluding hydrogens is 335 g/mol. The van der Waals surface area contributed by atoms with Crippen molar-refractivity contribution in [3.63, 3.8) is 0 Å². The number of halogens is 3. The number of carbonyl (C=O) groups excluding carboxylic acids is 1. The van der Waals surface area contributed by atoms with Gasteiger partial charge in [-0.1, -0.05) is 6.92 Å². The fraction of sp³-hybridized carbons (Fsp3) is 0.312. The van der Waals surface area contributed by atoms with E-state index in [0.29, 0.717) is 12.1 Å². The van der Waals surface area contributed by atoms with E-state index in [2.05, 4.69) is 10.4 Å². The average Bonchev–Trinajstić information content (AvgIpc) is 2.96. The third kappa shape index (κ3) is 4.50. The highest BCUT2D eigenvalue weighted by molar-refractivity contribution is 5.92. The van der Waals surface area contributed by atoms with Crippen molar-refractivity contribution in [2.24, 2.45) is 5.92 Å². The molecule has 3 N–H and O–H groups in total. The Kier molecular flexibility index (Phi) is 5.32. The molecule has 0 unspecified atom stereocenters. The van der Waals surface area contributed by atoms with E-state index >= 15 is 0 Å². The van der Waals surface area contributed by atoms with E-state index in [1.54, 1.807) is 13.1 Å². The number of amides is 1. The Morgan fingerprint density at radius 1 is 1.48 bits per heavy atom. The van der Waals surface area contributed by atoms with Gasteiger partial charge in [0.25, 0.3) is 0 Å². The molecule has 0 saturated carbocycles. The summed E-state index contributed by atoms with van der Waals surface area (Å²) < 4.78 is 40.4. The van der Waals surface area contributed by atoms with Crippen LogP contribution in [0.2, 0.25) is 0 Å². The average molecular weight is 351 g/mol. The number of hydrogen-bond donors (Lipinski definition) is 2. The molecule has 0 aliphatic heterocycles. The second-order valence-electron chi connectivity index (χ2n) is 5.46. The molecule has 1 aromatic heterocycles. The van der Waals surface area contributed by atoms with Crippen LogP contribution >= 0.6 is 0 Å². The van der Waals surface area contributed by atoms with Gasteiger partial charge in [0, 0.05) is 11.9 Å². The van der Waals surface area contributed by atoms with Crippen molar-refractivity contribution >= 4 is 17.3 Å². The summed E-state index contributed by atoms with van der Waals surface area (Å²) in [6.07, 6.45) is -1.20. The number of alkyl halides is 3. The zero-order valence-corrected chi connectivity index (χ0v) is 13.3. The highest BCUT2D eigenvalue weighted by atomic mass is 19.4. The molecule has 0 radical (unpaired) electrons. The van der Waals surface area contributed by atoms with Crippen molar-refractivity contribution < 1.29 is 18.0 Å². The van der Waals surface area contributed by atoms with Crippen LogP contribution in [0, 0.1) is 17.2 Å². The van der Waals surface area contributed by atoms with E-state index in [-0.39, 0.29) is 12.2 Å². The van der Waals surface area contributed by atoms with Crippen LogP contribution in [0.1, 0.15) is 24.5 Å². The predicted octanol–water partition coefficient (Wildman–Crippen LogP) is 3.02. The molecule has 1 aromatic carbocycles. The lowest BCUT2D eigenvalue weighted by Gasteiger charge is -2.16. The lowest BCUT2D eigenvalue weighted by atomic mass is 10.0. The Bertz CT molecular complexity index is 807. The number of hydrogen-bond acceptors (Lipinski definition) is 4. The van der Waals surface area contributed by atoms with Crippen LogP contribution < -0.4 is 11.1 Å². The molecule has 1 atom stereocenters. The molecular formula is C16H16F3N5O. The van der Waals surface area contributed by atoms with Crippen molar-refractivity contribution in [3.8, 4) is 6.07 Å². The molecule has 0 bridgehead atoms. The summed E-state index contributed by atoms with van der Waals surface area (Å²) in [5, 5.41) is 15.2. The highest BCUT2D eigenvalue weighted by Gasteiger charge is 2.34.